The Labute approximate surface area is 119 Å². The highest BCUT2D eigenvalue weighted by Gasteiger charge is 2.38. The lowest BCUT2D eigenvalue weighted by molar-refractivity contribution is -0.124. The Morgan fingerprint density at radius 1 is 1.50 bits per heavy atom. The molecule has 0 aromatic rings. The van der Waals surface area contributed by atoms with Gasteiger partial charge in [-0.05, 0) is 26.8 Å². The SMILES string of the molecule is CC1=C(CC(=O)NCCO)C(=O)NC2CCNC(C)C12. The fourth-order valence-electron chi connectivity index (χ4n) is 3.23. The monoisotopic (exact) mass is 281 g/mol. The minimum atomic E-state index is -0.224. The van der Waals surface area contributed by atoms with E-state index in [1.807, 2.05) is 6.92 Å². The molecule has 4 N–H and O–H groups in total. The summed E-state index contributed by atoms with van der Waals surface area (Å²) in [6, 6.07) is 0.466. The maximum absolute atomic E-state index is 12.2. The van der Waals surface area contributed by atoms with Crippen LogP contribution >= 0.6 is 0 Å². The highest BCUT2D eigenvalue weighted by molar-refractivity contribution is 6.00. The molecule has 0 aliphatic carbocycles. The Kier molecular flexibility index (Phi) is 4.77. The van der Waals surface area contributed by atoms with E-state index in [1.165, 1.54) is 0 Å². The fourth-order valence-corrected chi connectivity index (χ4v) is 3.23. The molecule has 0 saturated carbocycles. The normalized spacial score (nSPS) is 29.8. The van der Waals surface area contributed by atoms with Gasteiger partial charge >= 0.3 is 0 Å². The van der Waals surface area contributed by atoms with Crippen molar-refractivity contribution in [2.24, 2.45) is 5.92 Å². The average Bonchev–Trinajstić information content (AvgIpc) is 2.41. The number of hydrogen-bond acceptors (Lipinski definition) is 4. The second-order valence-corrected chi connectivity index (χ2v) is 5.55. The Hall–Kier alpha value is -1.40. The number of aliphatic hydroxyl groups excluding tert-OH is 1. The summed E-state index contributed by atoms with van der Waals surface area (Å²) in [5.74, 6) is -0.0995. The largest absolute Gasteiger partial charge is 0.395 e. The molecule has 1 fully saturated rings. The van der Waals surface area contributed by atoms with Gasteiger partial charge in [-0.2, -0.15) is 0 Å². The van der Waals surface area contributed by atoms with E-state index < -0.39 is 0 Å². The van der Waals surface area contributed by atoms with E-state index in [0.29, 0.717) is 11.6 Å². The van der Waals surface area contributed by atoms with E-state index in [-0.39, 0.29) is 43.3 Å². The first kappa shape index (κ1) is 15.0. The van der Waals surface area contributed by atoms with Crippen LogP contribution < -0.4 is 16.0 Å². The summed E-state index contributed by atoms with van der Waals surface area (Å²) < 4.78 is 0. The van der Waals surface area contributed by atoms with E-state index in [0.717, 1.165) is 18.5 Å². The molecule has 0 aromatic carbocycles. The van der Waals surface area contributed by atoms with Crippen molar-refractivity contribution in [2.75, 3.05) is 19.7 Å². The van der Waals surface area contributed by atoms with Gasteiger partial charge in [-0.25, -0.2) is 0 Å². The molecule has 2 aliphatic rings. The number of piperidine rings is 1. The number of carbonyl (C=O) groups is 2. The highest BCUT2D eigenvalue weighted by Crippen LogP contribution is 2.31. The van der Waals surface area contributed by atoms with Crippen molar-refractivity contribution in [2.45, 2.75) is 38.8 Å². The predicted octanol–water partition coefficient (Wildman–Crippen LogP) is -0.702. The zero-order chi connectivity index (χ0) is 14.7. The van der Waals surface area contributed by atoms with Crippen molar-refractivity contribution in [1.82, 2.24) is 16.0 Å². The van der Waals surface area contributed by atoms with Crippen LogP contribution in [-0.2, 0) is 9.59 Å². The van der Waals surface area contributed by atoms with Crippen molar-refractivity contribution in [3.05, 3.63) is 11.1 Å². The molecule has 1 saturated heterocycles. The van der Waals surface area contributed by atoms with Crippen molar-refractivity contribution in [1.29, 1.82) is 0 Å². The summed E-state index contributed by atoms with van der Waals surface area (Å²) >= 11 is 0. The van der Waals surface area contributed by atoms with Gasteiger partial charge in [0.15, 0.2) is 0 Å². The summed E-state index contributed by atoms with van der Waals surface area (Å²) in [6.07, 6.45) is 0.996. The number of hydrogen-bond donors (Lipinski definition) is 4. The minimum Gasteiger partial charge on any atom is -0.395 e. The highest BCUT2D eigenvalue weighted by atomic mass is 16.3. The molecule has 6 nitrogen and oxygen atoms in total. The first-order valence-corrected chi connectivity index (χ1v) is 7.16. The smallest absolute Gasteiger partial charge is 0.247 e. The summed E-state index contributed by atoms with van der Waals surface area (Å²) in [5, 5.41) is 17.7. The molecular formula is C14H23N3O3. The molecule has 6 heteroatoms. The lowest BCUT2D eigenvalue weighted by Crippen LogP contribution is -2.57. The van der Waals surface area contributed by atoms with Gasteiger partial charge in [0.2, 0.25) is 11.8 Å². The lowest BCUT2D eigenvalue weighted by Gasteiger charge is -2.42. The Balaban J connectivity index is 2.15. The van der Waals surface area contributed by atoms with E-state index in [9.17, 15) is 9.59 Å². The lowest BCUT2D eigenvalue weighted by atomic mass is 9.76. The molecule has 0 aromatic heterocycles. The zero-order valence-corrected chi connectivity index (χ0v) is 12.0. The Morgan fingerprint density at radius 2 is 2.25 bits per heavy atom. The number of nitrogens with one attached hydrogen (secondary N) is 3. The van der Waals surface area contributed by atoms with Gasteiger partial charge in [-0.3, -0.25) is 9.59 Å². The molecule has 0 spiro atoms. The van der Waals surface area contributed by atoms with Gasteiger partial charge < -0.3 is 21.1 Å². The number of fused-ring (bicyclic) bond motifs is 1. The van der Waals surface area contributed by atoms with Gasteiger partial charge in [0.25, 0.3) is 0 Å². The third-order valence-electron chi connectivity index (χ3n) is 4.23. The molecule has 0 radical (unpaired) electrons. The number of carbonyl (C=O) groups excluding carboxylic acids is 2. The second kappa shape index (κ2) is 6.37. The van der Waals surface area contributed by atoms with Gasteiger partial charge in [0.05, 0.1) is 13.0 Å². The second-order valence-electron chi connectivity index (χ2n) is 5.55. The van der Waals surface area contributed by atoms with Gasteiger partial charge in [0.1, 0.15) is 0 Å². The molecule has 112 valence electrons. The molecule has 3 atom stereocenters. The minimum absolute atomic E-state index is 0.0770. The van der Waals surface area contributed by atoms with Crippen LogP contribution in [0.3, 0.4) is 0 Å². The number of amides is 2. The molecule has 20 heavy (non-hydrogen) atoms. The van der Waals surface area contributed by atoms with Gasteiger partial charge in [-0.15, -0.1) is 0 Å². The Bertz CT molecular complexity index is 433. The van der Waals surface area contributed by atoms with E-state index in [4.69, 9.17) is 5.11 Å². The molecule has 2 aliphatic heterocycles. The molecule has 0 bridgehead atoms. The van der Waals surface area contributed by atoms with Crippen LogP contribution in [0.15, 0.2) is 11.1 Å². The first-order valence-electron chi connectivity index (χ1n) is 7.16. The van der Waals surface area contributed by atoms with Crippen LogP contribution in [0.2, 0.25) is 0 Å². The molecule has 2 rings (SSSR count). The molecule has 2 amide bonds. The quantitative estimate of drug-likeness (QED) is 0.548. The van der Waals surface area contributed by atoms with E-state index >= 15 is 0 Å². The third kappa shape index (κ3) is 3.02. The van der Waals surface area contributed by atoms with Crippen molar-refractivity contribution >= 4 is 11.8 Å². The van der Waals surface area contributed by atoms with Gasteiger partial charge in [0, 0.05) is 30.1 Å². The number of rotatable bonds is 4. The topological polar surface area (TPSA) is 90.5 Å². The van der Waals surface area contributed by atoms with Crippen LogP contribution in [0.25, 0.3) is 0 Å². The predicted molar refractivity (Wildman–Crippen MR) is 74.9 cm³/mol. The first-order chi connectivity index (χ1) is 9.54. The third-order valence-corrected chi connectivity index (χ3v) is 4.23. The van der Waals surface area contributed by atoms with Crippen LogP contribution in [0.5, 0.6) is 0 Å². The van der Waals surface area contributed by atoms with E-state index in [1.54, 1.807) is 0 Å². The zero-order valence-electron chi connectivity index (χ0n) is 12.0. The molecular weight excluding hydrogens is 258 g/mol. The Morgan fingerprint density at radius 3 is 2.95 bits per heavy atom. The van der Waals surface area contributed by atoms with Gasteiger partial charge in [-0.1, -0.05) is 5.57 Å². The standard InChI is InChI=1S/C14H23N3O3/c1-8-10(7-12(19)16-5-6-18)14(20)17-11-3-4-15-9(2)13(8)11/h9,11,13,15,18H,3-7H2,1-2H3,(H,16,19)(H,17,20). The van der Waals surface area contributed by atoms with Crippen LogP contribution in [0, 0.1) is 5.92 Å². The molecule has 3 unspecified atom stereocenters. The van der Waals surface area contributed by atoms with Crippen molar-refractivity contribution in [3.8, 4) is 0 Å². The number of aliphatic hydroxyl groups is 1. The summed E-state index contributed by atoms with van der Waals surface area (Å²) in [5.41, 5.74) is 1.58. The summed E-state index contributed by atoms with van der Waals surface area (Å²) in [6.45, 7) is 5.09. The maximum Gasteiger partial charge on any atom is 0.247 e. The van der Waals surface area contributed by atoms with Crippen molar-refractivity contribution in [3.63, 3.8) is 0 Å². The van der Waals surface area contributed by atoms with Crippen LogP contribution in [0.4, 0.5) is 0 Å². The van der Waals surface area contributed by atoms with Crippen LogP contribution in [-0.4, -0.2) is 48.7 Å². The fraction of sp³-hybridized carbons (Fsp3) is 0.714. The summed E-state index contributed by atoms with van der Waals surface area (Å²) in [7, 11) is 0. The van der Waals surface area contributed by atoms with E-state index in [2.05, 4.69) is 22.9 Å². The molecule has 2 heterocycles. The summed E-state index contributed by atoms with van der Waals surface area (Å²) in [4.78, 5) is 23.9. The maximum atomic E-state index is 12.2. The average molecular weight is 281 g/mol. The van der Waals surface area contributed by atoms with Crippen LogP contribution in [0.1, 0.15) is 26.7 Å². The van der Waals surface area contributed by atoms with Crippen molar-refractivity contribution < 1.29 is 14.7 Å².